The van der Waals surface area contributed by atoms with E-state index in [0.717, 1.165) is 0 Å². The van der Waals surface area contributed by atoms with E-state index in [1.807, 2.05) is 0 Å². The van der Waals surface area contributed by atoms with Gasteiger partial charge in [-0.15, -0.1) is 0 Å². The number of fused-ring (bicyclic) bond motifs is 1. The van der Waals surface area contributed by atoms with Crippen LogP contribution in [0.25, 0.3) is 0 Å². The third-order valence-corrected chi connectivity index (χ3v) is 2.88. The van der Waals surface area contributed by atoms with E-state index in [1.54, 1.807) is 12.1 Å². The first-order valence-corrected chi connectivity index (χ1v) is 4.92. The molecule has 1 heterocycles. The monoisotopic (exact) mass is 235 g/mol. The van der Waals surface area contributed by atoms with Gasteiger partial charge in [0.05, 0.1) is 5.92 Å². The van der Waals surface area contributed by atoms with Crippen LogP contribution in [0.2, 0.25) is 5.02 Å². The highest BCUT2D eigenvalue weighted by atomic mass is 35.5. The minimum absolute atomic E-state index is 0.0970. The van der Waals surface area contributed by atoms with Crippen LogP contribution >= 0.6 is 11.6 Å². The van der Waals surface area contributed by atoms with Crippen LogP contribution < -0.4 is 5.32 Å². The molecule has 5 heteroatoms. The number of nitrogens with one attached hydrogen (secondary N) is 1. The molecule has 1 aliphatic heterocycles. The normalized spacial score (nSPS) is 21.2. The van der Waals surface area contributed by atoms with Gasteiger partial charge in [0.2, 0.25) is 0 Å². The summed E-state index contributed by atoms with van der Waals surface area (Å²) < 4.78 is 38.1. The van der Waals surface area contributed by atoms with Crippen LogP contribution in [0.4, 0.5) is 13.2 Å². The Morgan fingerprint density at radius 3 is 2.73 bits per heavy atom. The third-order valence-electron chi connectivity index (χ3n) is 2.55. The Balaban J connectivity index is 2.50. The van der Waals surface area contributed by atoms with Gasteiger partial charge in [0.25, 0.3) is 0 Å². The van der Waals surface area contributed by atoms with E-state index >= 15 is 0 Å². The molecule has 1 unspecified atom stereocenters. The summed E-state index contributed by atoms with van der Waals surface area (Å²) in [5.74, 6) is -1.49. The fraction of sp³-hybridized carbons (Fsp3) is 0.400. The molecule has 0 fully saturated rings. The molecule has 0 spiro atoms. The van der Waals surface area contributed by atoms with Crippen LogP contribution in [0.5, 0.6) is 0 Å². The summed E-state index contributed by atoms with van der Waals surface area (Å²) >= 11 is 5.82. The first kappa shape index (κ1) is 10.8. The molecule has 0 saturated heterocycles. The van der Waals surface area contributed by atoms with Crippen LogP contribution in [0.15, 0.2) is 18.2 Å². The van der Waals surface area contributed by atoms with Gasteiger partial charge < -0.3 is 5.32 Å². The molecule has 0 radical (unpaired) electrons. The van der Waals surface area contributed by atoms with Crippen molar-refractivity contribution in [3.05, 3.63) is 34.3 Å². The van der Waals surface area contributed by atoms with Crippen molar-refractivity contribution in [3.8, 4) is 0 Å². The molecule has 2 rings (SSSR count). The molecule has 0 amide bonds. The summed E-state index contributed by atoms with van der Waals surface area (Å²) in [6.45, 7) is 0.350. The van der Waals surface area contributed by atoms with Crippen LogP contribution in [-0.2, 0) is 6.54 Å². The largest absolute Gasteiger partial charge is 0.397 e. The summed E-state index contributed by atoms with van der Waals surface area (Å²) in [6.07, 6.45) is -4.24. The van der Waals surface area contributed by atoms with Gasteiger partial charge in [-0.25, -0.2) is 0 Å². The van der Waals surface area contributed by atoms with E-state index in [9.17, 15) is 13.2 Å². The van der Waals surface area contributed by atoms with Gasteiger partial charge in [-0.2, -0.15) is 13.2 Å². The van der Waals surface area contributed by atoms with Gasteiger partial charge in [-0.3, -0.25) is 0 Å². The maximum absolute atomic E-state index is 12.7. The lowest BCUT2D eigenvalue weighted by Crippen LogP contribution is -2.36. The van der Waals surface area contributed by atoms with Gasteiger partial charge in [0, 0.05) is 18.1 Å². The molecule has 0 bridgehead atoms. The molecule has 1 aromatic carbocycles. The molecule has 1 N–H and O–H groups in total. The zero-order valence-corrected chi connectivity index (χ0v) is 8.49. The van der Waals surface area contributed by atoms with Gasteiger partial charge in [-0.1, -0.05) is 23.7 Å². The number of hydrogen-bond donors (Lipinski definition) is 1. The Hall–Kier alpha value is -0.740. The molecular weight excluding hydrogens is 227 g/mol. The van der Waals surface area contributed by atoms with Crippen LogP contribution in [0.3, 0.4) is 0 Å². The Morgan fingerprint density at radius 2 is 2.07 bits per heavy atom. The van der Waals surface area contributed by atoms with Crippen molar-refractivity contribution < 1.29 is 13.2 Å². The molecule has 0 aliphatic carbocycles. The summed E-state index contributed by atoms with van der Waals surface area (Å²) in [6, 6.07) is 4.85. The lowest BCUT2D eigenvalue weighted by atomic mass is 9.90. The second kappa shape index (κ2) is 3.68. The maximum atomic E-state index is 12.7. The van der Waals surface area contributed by atoms with E-state index < -0.39 is 12.1 Å². The zero-order valence-electron chi connectivity index (χ0n) is 7.74. The number of halogens is 4. The molecule has 0 aromatic heterocycles. The number of rotatable bonds is 0. The molecule has 1 atom stereocenters. The maximum Gasteiger partial charge on any atom is 0.397 e. The van der Waals surface area contributed by atoms with Gasteiger partial charge in [0.1, 0.15) is 0 Å². The van der Waals surface area contributed by atoms with E-state index in [1.165, 1.54) is 6.07 Å². The van der Waals surface area contributed by atoms with Gasteiger partial charge in [-0.05, 0) is 17.2 Å². The lowest BCUT2D eigenvalue weighted by Gasteiger charge is -2.28. The molecule has 1 nitrogen and oxygen atoms in total. The molecular formula is C10H9ClF3N. The van der Waals surface area contributed by atoms with Crippen molar-refractivity contribution in [2.45, 2.75) is 18.6 Å². The Labute approximate surface area is 90.2 Å². The minimum atomic E-state index is -4.24. The predicted octanol–water partition coefficient (Wildman–Crippen LogP) is 3.09. The third kappa shape index (κ3) is 1.96. The summed E-state index contributed by atoms with van der Waals surface area (Å²) in [5.41, 5.74) is 0.862. The second-order valence-electron chi connectivity index (χ2n) is 3.54. The fourth-order valence-electron chi connectivity index (χ4n) is 1.86. The topological polar surface area (TPSA) is 12.0 Å². The minimum Gasteiger partial charge on any atom is -0.312 e. The SMILES string of the molecule is FC(F)(F)C1CNCc2cccc(Cl)c21. The lowest BCUT2D eigenvalue weighted by molar-refractivity contribution is -0.150. The Bertz CT molecular complexity index is 375. The molecule has 15 heavy (non-hydrogen) atoms. The van der Waals surface area contributed by atoms with E-state index in [-0.39, 0.29) is 17.1 Å². The standard InChI is InChI=1S/C10H9ClF3N/c11-8-3-1-2-6-4-15-5-7(9(6)8)10(12,13)14/h1-3,7,15H,4-5H2. The first-order valence-electron chi connectivity index (χ1n) is 4.55. The highest BCUT2D eigenvalue weighted by molar-refractivity contribution is 6.31. The van der Waals surface area contributed by atoms with Crippen LogP contribution in [0.1, 0.15) is 17.0 Å². The number of hydrogen-bond acceptors (Lipinski definition) is 1. The van der Waals surface area contributed by atoms with Crippen molar-refractivity contribution in [3.63, 3.8) is 0 Å². The average molecular weight is 236 g/mol. The molecule has 1 aliphatic rings. The quantitative estimate of drug-likeness (QED) is 0.729. The van der Waals surface area contributed by atoms with Crippen molar-refractivity contribution in [2.24, 2.45) is 0 Å². The Morgan fingerprint density at radius 1 is 1.33 bits per heavy atom. The second-order valence-corrected chi connectivity index (χ2v) is 3.94. The first-order chi connectivity index (χ1) is 7.00. The van der Waals surface area contributed by atoms with E-state index in [0.29, 0.717) is 12.1 Å². The van der Waals surface area contributed by atoms with Crippen LogP contribution in [-0.4, -0.2) is 12.7 Å². The van der Waals surface area contributed by atoms with E-state index in [2.05, 4.69) is 5.32 Å². The summed E-state index contributed by atoms with van der Waals surface area (Å²) in [5, 5.41) is 2.95. The molecule has 82 valence electrons. The van der Waals surface area contributed by atoms with Gasteiger partial charge >= 0.3 is 6.18 Å². The highest BCUT2D eigenvalue weighted by Gasteiger charge is 2.43. The van der Waals surface area contributed by atoms with Gasteiger partial charge in [0.15, 0.2) is 0 Å². The van der Waals surface area contributed by atoms with E-state index in [4.69, 9.17) is 11.6 Å². The highest BCUT2D eigenvalue weighted by Crippen LogP contribution is 2.41. The van der Waals surface area contributed by atoms with Crippen molar-refractivity contribution >= 4 is 11.6 Å². The number of benzene rings is 1. The van der Waals surface area contributed by atoms with Crippen LogP contribution in [0, 0.1) is 0 Å². The zero-order chi connectivity index (χ0) is 11.1. The number of alkyl halides is 3. The summed E-state index contributed by atoms with van der Waals surface area (Å²) in [4.78, 5) is 0. The molecule has 1 aromatic rings. The summed E-state index contributed by atoms with van der Waals surface area (Å²) in [7, 11) is 0. The fourth-order valence-corrected chi connectivity index (χ4v) is 2.18. The Kier molecular flexibility index (Phi) is 2.64. The predicted molar refractivity (Wildman–Crippen MR) is 52.0 cm³/mol. The molecule has 0 saturated carbocycles. The van der Waals surface area contributed by atoms with Crippen molar-refractivity contribution in [1.29, 1.82) is 0 Å². The smallest absolute Gasteiger partial charge is 0.312 e. The van der Waals surface area contributed by atoms with Crippen molar-refractivity contribution in [1.82, 2.24) is 5.32 Å². The average Bonchev–Trinajstić information content (AvgIpc) is 2.16. The van der Waals surface area contributed by atoms with Crippen molar-refractivity contribution in [2.75, 3.05) is 6.54 Å².